The van der Waals surface area contributed by atoms with E-state index in [1.807, 2.05) is 39.7 Å². The first-order valence-electron chi connectivity index (χ1n) is 7.16. The van der Waals surface area contributed by atoms with Crippen LogP contribution in [0, 0.1) is 5.92 Å². The summed E-state index contributed by atoms with van der Waals surface area (Å²) in [4.78, 5) is 15.7. The van der Waals surface area contributed by atoms with Gasteiger partial charge in [0.25, 0.3) is 0 Å². The second kappa shape index (κ2) is 7.01. The molecule has 0 fully saturated rings. The van der Waals surface area contributed by atoms with Gasteiger partial charge in [-0.25, -0.2) is 0 Å². The Bertz CT molecular complexity index is 570. The number of aromatic amines is 1. The number of H-pyrrole nitrogens is 1. The summed E-state index contributed by atoms with van der Waals surface area (Å²) in [5.41, 5.74) is -1.42. The molecule has 0 aromatic carbocycles. The number of anilines is 1. The fourth-order valence-electron chi connectivity index (χ4n) is 1.61. The Morgan fingerprint density at radius 3 is 2.39 bits per heavy atom. The molecule has 0 bridgehead atoms. The molecule has 1 aromatic heterocycles. The number of nitrogens with zero attached hydrogens (tertiary/aromatic N) is 2. The van der Waals surface area contributed by atoms with E-state index in [1.54, 1.807) is 0 Å². The van der Waals surface area contributed by atoms with Crippen LogP contribution in [0.3, 0.4) is 0 Å². The summed E-state index contributed by atoms with van der Waals surface area (Å²) in [5.74, 6) is -0.260. The summed E-state index contributed by atoms with van der Waals surface area (Å²) in [6.07, 6.45) is -4.28. The van der Waals surface area contributed by atoms with Crippen LogP contribution in [0.2, 0.25) is 0 Å². The third-order valence-electron chi connectivity index (χ3n) is 2.44. The maximum absolute atomic E-state index is 12.6. The lowest BCUT2D eigenvalue weighted by Gasteiger charge is -2.23. The molecule has 0 aliphatic heterocycles. The minimum absolute atomic E-state index is 0.0587. The van der Waals surface area contributed by atoms with Gasteiger partial charge in [0, 0.05) is 18.0 Å². The molecule has 0 aliphatic carbocycles. The summed E-state index contributed by atoms with van der Waals surface area (Å²) < 4.78 is 37.7. The lowest BCUT2D eigenvalue weighted by Crippen LogP contribution is -2.44. The van der Waals surface area contributed by atoms with Crippen LogP contribution in [-0.2, 0) is 11.0 Å². The molecule has 1 heterocycles. The fourth-order valence-corrected chi connectivity index (χ4v) is 1.61. The number of alkyl halides is 3. The van der Waals surface area contributed by atoms with Crippen molar-refractivity contribution in [1.29, 1.82) is 0 Å². The molecule has 1 aromatic rings. The predicted octanol–water partition coefficient (Wildman–Crippen LogP) is 3.16. The molecule has 130 valence electrons. The topological polar surface area (TPSA) is 82.2 Å². The summed E-state index contributed by atoms with van der Waals surface area (Å²) in [5, 5.41) is 11.0. The summed E-state index contributed by atoms with van der Waals surface area (Å²) >= 11 is 0. The van der Waals surface area contributed by atoms with Gasteiger partial charge in [-0.15, -0.1) is 0 Å². The van der Waals surface area contributed by atoms with Crippen molar-refractivity contribution < 1.29 is 18.0 Å². The van der Waals surface area contributed by atoms with Crippen molar-refractivity contribution in [3.05, 3.63) is 11.8 Å². The van der Waals surface area contributed by atoms with Crippen LogP contribution in [0.25, 0.3) is 0 Å². The minimum Gasteiger partial charge on any atom is -0.351 e. The Morgan fingerprint density at radius 2 is 1.96 bits per heavy atom. The van der Waals surface area contributed by atoms with Crippen molar-refractivity contribution in [3.8, 4) is 0 Å². The van der Waals surface area contributed by atoms with E-state index in [-0.39, 0.29) is 30.0 Å². The van der Waals surface area contributed by atoms with Crippen molar-refractivity contribution in [2.24, 2.45) is 10.9 Å². The molecule has 6 nitrogen and oxygen atoms in total. The Morgan fingerprint density at radius 1 is 1.35 bits per heavy atom. The number of nitrogens with one attached hydrogen (secondary N) is 3. The predicted molar refractivity (Wildman–Crippen MR) is 82.0 cm³/mol. The molecule has 3 N–H and O–H groups in total. The number of hydrogen-bond acceptors (Lipinski definition) is 2. The van der Waals surface area contributed by atoms with E-state index in [0.717, 1.165) is 6.07 Å². The number of aromatic nitrogens is 2. The van der Waals surface area contributed by atoms with Gasteiger partial charge < -0.3 is 10.6 Å². The van der Waals surface area contributed by atoms with Crippen molar-refractivity contribution in [2.75, 3.05) is 5.32 Å². The maximum Gasteiger partial charge on any atom is 0.432 e. The van der Waals surface area contributed by atoms with Gasteiger partial charge in [-0.3, -0.25) is 9.89 Å². The standard InChI is InChI=1S/C14H22F3N5O/c1-8(2)6-11(23)19-12(20-13(3,4)5)18-10-7-9(21-22-10)14(15,16)17/h7-8H,6H2,1-5H3,(H3,18,19,20,21,22,23). The fraction of sp³-hybridized carbons (Fsp3) is 0.643. The largest absolute Gasteiger partial charge is 0.432 e. The van der Waals surface area contributed by atoms with E-state index >= 15 is 0 Å². The van der Waals surface area contributed by atoms with Crippen LogP contribution in [-0.4, -0.2) is 27.6 Å². The van der Waals surface area contributed by atoms with Gasteiger partial charge >= 0.3 is 6.18 Å². The zero-order valence-electron chi connectivity index (χ0n) is 13.8. The third kappa shape index (κ3) is 7.16. The monoisotopic (exact) mass is 333 g/mol. The third-order valence-corrected chi connectivity index (χ3v) is 2.44. The zero-order valence-corrected chi connectivity index (χ0v) is 13.8. The molecule has 0 radical (unpaired) electrons. The SMILES string of the molecule is CC(C)CC(=O)/N=C(\Nc1cc(C(F)(F)F)[nH]n1)NC(C)(C)C. The van der Waals surface area contributed by atoms with Crippen molar-refractivity contribution >= 4 is 17.7 Å². The number of aliphatic imine (C=N–C) groups is 1. The number of carbonyl (C=O) groups excluding carboxylic acids is 1. The van der Waals surface area contributed by atoms with E-state index in [2.05, 4.69) is 20.7 Å². The number of guanidine groups is 1. The lowest BCUT2D eigenvalue weighted by molar-refractivity contribution is -0.141. The summed E-state index contributed by atoms with van der Waals surface area (Å²) in [6, 6.07) is 0.812. The Labute approximate surface area is 132 Å². The minimum atomic E-state index is -4.52. The van der Waals surface area contributed by atoms with Crippen LogP contribution in [0.1, 0.15) is 46.7 Å². The normalized spacial score (nSPS) is 13.3. The second-order valence-corrected chi connectivity index (χ2v) is 6.62. The number of halogens is 3. The van der Waals surface area contributed by atoms with Gasteiger partial charge in [-0.05, 0) is 26.7 Å². The zero-order chi connectivity index (χ0) is 17.8. The van der Waals surface area contributed by atoms with Crippen molar-refractivity contribution in [3.63, 3.8) is 0 Å². The molecule has 0 saturated carbocycles. The highest BCUT2D eigenvalue weighted by Crippen LogP contribution is 2.28. The van der Waals surface area contributed by atoms with Crippen molar-refractivity contribution in [2.45, 2.75) is 52.8 Å². The second-order valence-electron chi connectivity index (χ2n) is 6.62. The molecule has 0 aliphatic rings. The number of rotatable bonds is 3. The lowest BCUT2D eigenvalue weighted by atomic mass is 10.1. The molecule has 23 heavy (non-hydrogen) atoms. The van der Waals surface area contributed by atoms with Gasteiger partial charge in [0.15, 0.2) is 5.82 Å². The molecular weight excluding hydrogens is 311 g/mol. The molecule has 1 rings (SSSR count). The van der Waals surface area contributed by atoms with Crippen molar-refractivity contribution in [1.82, 2.24) is 15.5 Å². The average molecular weight is 333 g/mol. The van der Waals surface area contributed by atoms with Gasteiger partial charge in [0.05, 0.1) is 0 Å². The molecule has 0 unspecified atom stereocenters. The van der Waals surface area contributed by atoms with E-state index in [4.69, 9.17) is 0 Å². The number of carbonyl (C=O) groups is 1. The number of hydrogen-bond donors (Lipinski definition) is 3. The smallest absolute Gasteiger partial charge is 0.351 e. The van der Waals surface area contributed by atoms with Crippen LogP contribution in [0.4, 0.5) is 19.0 Å². The van der Waals surface area contributed by atoms with Gasteiger partial charge in [-0.1, -0.05) is 13.8 Å². The Hall–Kier alpha value is -2.06. The average Bonchev–Trinajstić information content (AvgIpc) is 2.72. The number of amides is 1. The van der Waals surface area contributed by atoms with E-state index < -0.39 is 17.4 Å². The maximum atomic E-state index is 12.6. The summed E-state index contributed by atoms with van der Waals surface area (Å²) in [6.45, 7) is 9.26. The van der Waals surface area contributed by atoms with Gasteiger partial charge in [0.2, 0.25) is 11.9 Å². The van der Waals surface area contributed by atoms with E-state index in [0.29, 0.717) is 0 Å². The molecule has 0 spiro atoms. The highest BCUT2D eigenvalue weighted by Gasteiger charge is 2.33. The Balaban J connectivity index is 2.95. The Kier molecular flexibility index (Phi) is 5.79. The van der Waals surface area contributed by atoms with Gasteiger partial charge in [0.1, 0.15) is 5.69 Å². The summed E-state index contributed by atoms with van der Waals surface area (Å²) in [7, 11) is 0. The highest BCUT2D eigenvalue weighted by molar-refractivity contribution is 6.00. The first-order chi connectivity index (χ1) is 10.4. The van der Waals surface area contributed by atoms with Crippen LogP contribution >= 0.6 is 0 Å². The first-order valence-corrected chi connectivity index (χ1v) is 7.16. The first kappa shape index (κ1) is 19.0. The molecule has 1 amide bonds. The van der Waals surface area contributed by atoms with E-state index in [1.165, 1.54) is 0 Å². The molecule has 0 atom stereocenters. The van der Waals surface area contributed by atoms with Crippen LogP contribution < -0.4 is 10.6 Å². The molecule has 9 heteroatoms. The van der Waals surface area contributed by atoms with Crippen LogP contribution in [0.15, 0.2) is 11.1 Å². The molecular formula is C14H22F3N5O. The van der Waals surface area contributed by atoms with Crippen LogP contribution in [0.5, 0.6) is 0 Å². The molecule has 0 saturated heterocycles. The highest BCUT2D eigenvalue weighted by atomic mass is 19.4. The quantitative estimate of drug-likeness (QED) is 0.586. The van der Waals surface area contributed by atoms with E-state index in [9.17, 15) is 18.0 Å². The van der Waals surface area contributed by atoms with Gasteiger partial charge in [-0.2, -0.15) is 23.3 Å².